The second-order valence-corrected chi connectivity index (χ2v) is 6.24. The molecule has 0 N–H and O–H groups in total. The van der Waals surface area contributed by atoms with Gasteiger partial charge in [-0.1, -0.05) is 35.3 Å². The highest BCUT2D eigenvalue weighted by atomic mass is 35.5. The Labute approximate surface area is 153 Å². The minimum atomic E-state index is -0.591. The number of benzene rings is 2. The summed E-state index contributed by atoms with van der Waals surface area (Å²) >= 11 is 11.8. The molecule has 5 nitrogen and oxygen atoms in total. The van der Waals surface area contributed by atoms with Crippen molar-refractivity contribution in [2.75, 3.05) is 6.61 Å². The van der Waals surface area contributed by atoms with Gasteiger partial charge in [-0.3, -0.25) is 9.36 Å². The number of aromatic nitrogens is 2. The molecule has 0 radical (unpaired) electrons. The van der Waals surface area contributed by atoms with Crippen LogP contribution in [-0.4, -0.2) is 22.1 Å². The molecular formula is C18H14Cl2N2O3. The zero-order chi connectivity index (χ0) is 18.0. The predicted octanol–water partition coefficient (Wildman–Crippen LogP) is 3.87. The van der Waals surface area contributed by atoms with Gasteiger partial charge in [0.2, 0.25) is 0 Å². The van der Waals surface area contributed by atoms with Crippen molar-refractivity contribution in [3.63, 3.8) is 0 Å². The lowest BCUT2D eigenvalue weighted by atomic mass is 10.2. The van der Waals surface area contributed by atoms with Crippen molar-refractivity contribution in [1.29, 1.82) is 0 Å². The second kappa shape index (κ2) is 7.25. The zero-order valence-corrected chi connectivity index (χ0v) is 14.8. The van der Waals surface area contributed by atoms with Gasteiger partial charge in [0, 0.05) is 5.02 Å². The van der Waals surface area contributed by atoms with E-state index in [1.165, 1.54) is 16.7 Å². The maximum Gasteiger partial charge on any atom is 0.339 e. The van der Waals surface area contributed by atoms with Crippen molar-refractivity contribution < 1.29 is 9.53 Å². The normalized spacial score (nSPS) is 10.8. The number of carbonyl (C=O) groups is 1. The van der Waals surface area contributed by atoms with E-state index in [-0.39, 0.29) is 29.3 Å². The number of fused-ring (bicyclic) bond motifs is 1. The van der Waals surface area contributed by atoms with Crippen LogP contribution >= 0.6 is 23.2 Å². The van der Waals surface area contributed by atoms with Crippen LogP contribution in [0, 0.1) is 6.92 Å². The summed E-state index contributed by atoms with van der Waals surface area (Å²) in [4.78, 5) is 29.1. The van der Waals surface area contributed by atoms with Gasteiger partial charge in [-0.15, -0.1) is 0 Å². The lowest BCUT2D eigenvalue weighted by molar-refractivity contribution is 0.0489. The number of hydrogen-bond acceptors (Lipinski definition) is 4. The number of carbonyl (C=O) groups excluding carboxylic acids is 1. The van der Waals surface area contributed by atoms with Gasteiger partial charge in [0.1, 0.15) is 12.4 Å². The number of nitrogens with zero attached hydrogens (tertiary/aromatic N) is 2. The summed E-state index contributed by atoms with van der Waals surface area (Å²) in [5.41, 5.74) is 0.666. The Morgan fingerprint density at radius 1 is 1.20 bits per heavy atom. The molecule has 7 heteroatoms. The maximum atomic E-state index is 12.5. The number of esters is 1. The highest BCUT2D eigenvalue weighted by Gasteiger charge is 2.13. The van der Waals surface area contributed by atoms with Gasteiger partial charge in [0.05, 0.1) is 28.0 Å². The van der Waals surface area contributed by atoms with Crippen LogP contribution in [-0.2, 0) is 11.3 Å². The van der Waals surface area contributed by atoms with Gasteiger partial charge in [0.25, 0.3) is 5.56 Å². The standard InChI is InChI=1S/C18H14Cl2N2O3/c1-11-21-16-5-3-2-4-13(16)17(23)22(11)8-9-25-18(24)14-10-12(19)6-7-15(14)20/h2-7,10H,8-9H2,1H3. The van der Waals surface area contributed by atoms with E-state index < -0.39 is 5.97 Å². The van der Waals surface area contributed by atoms with Crippen LogP contribution in [0.3, 0.4) is 0 Å². The largest absolute Gasteiger partial charge is 0.460 e. The fourth-order valence-corrected chi connectivity index (χ4v) is 2.87. The summed E-state index contributed by atoms with van der Waals surface area (Å²) in [7, 11) is 0. The third kappa shape index (κ3) is 3.67. The van der Waals surface area contributed by atoms with Crippen LogP contribution in [0.4, 0.5) is 0 Å². The lowest BCUT2D eigenvalue weighted by Crippen LogP contribution is -2.26. The molecule has 0 amide bonds. The van der Waals surface area contributed by atoms with Gasteiger partial charge >= 0.3 is 5.97 Å². The Hall–Kier alpha value is -2.37. The molecule has 1 aromatic heterocycles. The first-order chi connectivity index (χ1) is 12.0. The van der Waals surface area contributed by atoms with Gasteiger partial charge in [0.15, 0.2) is 0 Å². The van der Waals surface area contributed by atoms with E-state index in [1.54, 1.807) is 31.2 Å². The Bertz CT molecular complexity index is 1010. The molecule has 0 bridgehead atoms. The zero-order valence-electron chi connectivity index (χ0n) is 13.3. The molecule has 1 heterocycles. The molecule has 0 aliphatic heterocycles. The summed E-state index contributed by atoms with van der Waals surface area (Å²) in [5, 5.41) is 1.18. The van der Waals surface area contributed by atoms with Crippen LogP contribution in [0.15, 0.2) is 47.3 Å². The van der Waals surface area contributed by atoms with E-state index in [1.807, 2.05) is 6.07 Å². The first kappa shape index (κ1) is 17.5. The molecule has 0 spiro atoms. The van der Waals surface area contributed by atoms with Crippen molar-refractivity contribution in [3.05, 3.63) is 74.3 Å². The number of para-hydroxylation sites is 1. The van der Waals surface area contributed by atoms with E-state index >= 15 is 0 Å². The lowest BCUT2D eigenvalue weighted by Gasteiger charge is -2.11. The van der Waals surface area contributed by atoms with Crippen molar-refractivity contribution in [1.82, 2.24) is 9.55 Å². The highest BCUT2D eigenvalue weighted by Crippen LogP contribution is 2.21. The molecule has 2 aromatic carbocycles. The number of rotatable bonds is 4. The summed E-state index contributed by atoms with van der Waals surface area (Å²) in [6.45, 7) is 1.96. The fourth-order valence-electron chi connectivity index (χ4n) is 2.50. The summed E-state index contributed by atoms with van der Waals surface area (Å²) in [6.07, 6.45) is 0. The fraction of sp³-hybridized carbons (Fsp3) is 0.167. The topological polar surface area (TPSA) is 61.2 Å². The molecule has 128 valence electrons. The van der Waals surface area contributed by atoms with Crippen molar-refractivity contribution >= 4 is 40.1 Å². The third-order valence-corrected chi connectivity index (χ3v) is 4.31. The van der Waals surface area contributed by atoms with Crippen LogP contribution in [0.25, 0.3) is 10.9 Å². The van der Waals surface area contributed by atoms with Crippen LogP contribution in [0.2, 0.25) is 10.0 Å². The summed E-state index contributed by atoms with van der Waals surface area (Å²) < 4.78 is 6.70. The van der Waals surface area contributed by atoms with Gasteiger partial charge in [-0.25, -0.2) is 9.78 Å². The molecule has 0 aliphatic carbocycles. The first-order valence-electron chi connectivity index (χ1n) is 7.56. The molecule has 25 heavy (non-hydrogen) atoms. The molecule has 0 fully saturated rings. The van der Waals surface area contributed by atoms with Gasteiger partial charge < -0.3 is 4.74 Å². The third-order valence-electron chi connectivity index (χ3n) is 3.75. The molecule has 0 unspecified atom stereocenters. The van der Waals surface area contributed by atoms with Crippen molar-refractivity contribution in [3.8, 4) is 0 Å². The first-order valence-corrected chi connectivity index (χ1v) is 8.31. The van der Waals surface area contributed by atoms with E-state index in [2.05, 4.69) is 4.98 Å². The maximum absolute atomic E-state index is 12.5. The Balaban J connectivity index is 1.76. The quantitative estimate of drug-likeness (QED) is 0.648. The molecule has 0 saturated heterocycles. The minimum absolute atomic E-state index is 0.0163. The Kier molecular flexibility index (Phi) is 5.06. The van der Waals surface area contributed by atoms with Crippen LogP contribution in [0.5, 0.6) is 0 Å². The van der Waals surface area contributed by atoms with E-state index in [0.717, 1.165) is 0 Å². The smallest absolute Gasteiger partial charge is 0.339 e. The molecule has 0 atom stereocenters. The summed E-state index contributed by atoms with van der Waals surface area (Å²) in [5.74, 6) is -0.0347. The van der Waals surface area contributed by atoms with E-state index in [0.29, 0.717) is 21.7 Å². The predicted molar refractivity (Wildman–Crippen MR) is 97.5 cm³/mol. The van der Waals surface area contributed by atoms with Crippen LogP contribution in [0.1, 0.15) is 16.2 Å². The van der Waals surface area contributed by atoms with Gasteiger partial charge in [-0.05, 0) is 37.3 Å². The highest BCUT2D eigenvalue weighted by molar-refractivity contribution is 6.35. The number of ether oxygens (including phenoxy) is 1. The molecule has 0 saturated carbocycles. The van der Waals surface area contributed by atoms with Crippen molar-refractivity contribution in [2.45, 2.75) is 13.5 Å². The summed E-state index contributed by atoms with van der Waals surface area (Å²) in [6, 6.07) is 11.7. The minimum Gasteiger partial charge on any atom is -0.460 e. The van der Waals surface area contributed by atoms with E-state index in [9.17, 15) is 9.59 Å². The second-order valence-electron chi connectivity index (χ2n) is 5.39. The van der Waals surface area contributed by atoms with E-state index in [4.69, 9.17) is 27.9 Å². The van der Waals surface area contributed by atoms with Crippen molar-refractivity contribution in [2.24, 2.45) is 0 Å². The molecule has 0 aliphatic rings. The number of hydrogen-bond donors (Lipinski definition) is 0. The molecular weight excluding hydrogens is 363 g/mol. The average molecular weight is 377 g/mol. The van der Waals surface area contributed by atoms with Gasteiger partial charge in [-0.2, -0.15) is 0 Å². The monoisotopic (exact) mass is 376 g/mol. The number of halogens is 2. The van der Waals surface area contributed by atoms with Crippen LogP contribution < -0.4 is 5.56 Å². The molecule has 3 aromatic rings. The Morgan fingerprint density at radius 3 is 2.76 bits per heavy atom. The molecule has 3 rings (SSSR count). The number of aryl methyl sites for hydroxylation is 1. The SMILES string of the molecule is Cc1nc2ccccc2c(=O)n1CCOC(=O)c1cc(Cl)ccc1Cl. The Morgan fingerprint density at radius 2 is 1.96 bits per heavy atom. The average Bonchev–Trinajstić information content (AvgIpc) is 2.59.